The maximum Gasteiger partial charge on any atom is 0.293 e. The molecule has 3 heterocycles. The average molecular weight is 507 g/mol. The number of aromatic nitrogens is 5. The van der Waals surface area contributed by atoms with Gasteiger partial charge in [-0.15, -0.1) is 15.3 Å². The van der Waals surface area contributed by atoms with Crippen molar-refractivity contribution >= 4 is 39.7 Å². The van der Waals surface area contributed by atoms with Crippen molar-refractivity contribution in [3.05, 3.63) is 51.6 Å². The van der Waals surface area contributed by atoms with E-state index < -0.39 is 11.4 Å². The van der Waals surface area contributed by atoms with E-state index in [2.05, 4.69) is 56.0 Å². The highest BCUT2D eigenvalue weighted by Crippen LogP contribution is 2.32. The lowest BCUT2D eigenvalue weighted by Gasteiger charge is -2.12. The summed E-state index contributed by atoms with van der Waals surface area (Å²) in [5, 5.41) is 33.0. The second kappa shape index (κ2) is 10.4. The van der Waals surface area contributed by atoms with Gasteiger partial charge >= 0.3 is 0 Å². The zero-order valence-corrected chi connectivity index (χ0v) is 20.6. The average Bonchev–Trinajstić information content (AvgIpc) is 3.50. The van der Waals surface area contributed by atoms with Gasteiger partial charge in [-0.05, 0) is 37.0 Å². The number of hydrogen-bond acceptors (Lipinski definition) is 11. The first-order valence-electron chi connectivity index (χ1n) is 11.0. The van der Waals surface area contributed by atoms with Crippen LogP contribution >= 0.6 is 11.3 Å². The van der Waals surface area contributed by atoms with E-state index >= 15 is 0 Å². The van der Waals surface area contributed by atoms with Crippen LogP contribution in [0, 0.1) is 18.3 Å². The van der Waals surface area contributed by atoms with Crippen molar-refractivity contribution in [2.75, 3.05) is 6.61 Å². The summed E-state index contributed by atoms with van der Waals surface area (Å²) in [6, 6.07) is 7.98. The molecule has 0 unspecified atom stereocenters. The molecular weight excluding hydrogens is 484 g/mol. The Balaban J connectivity index is 1.63. The first-order valence-corrected chi connectivity index (χ1v) is 11.8. The minimum Gasteiger partial charge on any atom is -0.493 e. The fourth-order valence-electron chi connectivity index (χ4n) is 3.49. The highest BCUT2D eigenvalue weighted by molar-refractivity contribution is 7.20. The zero-order valence-electron chi connectivity index (χ0n) is 19.7. The molecular formula is C23H22N8O4S. The number of nitriles is 1. The van der Waals surface area contributed by atoms with Crippen LogP contribution in [0.5, 0.6) is 5.88 Å². The highest BCUT2D eigenvalue weighted by atomic mass is 32.1. The monoisotopic (exact) mass is 506 g/mol. The summed E-state index contributed by atoms with van der Waals surface area (Å²) in [6.07, 6.45) is 1.71. The van der Waals surface area contributed by atoms with Gasteiger partial charge in [0.1, 0.15) is 18.0 Å². The molecule has 0 saturated carbocycles. The smallest absolute Gasteiger partial charge is 0.293 e. The van der Waals surface area contributed by atoms with Crippen LogP contribution < -0.4 is 5.56 Å². The number of fused-ring (bicyclic) bond motifs is 1. The van der Waals surface area contributed by atoms with Gasteiger partial charge in [-0.1, -0.05) is 31.3 Å². The Hall–Kier alpha value is -4.44. The molecule has 0 aliphatic heterocycles. The van der Waals surface area contributed by atoms with Crippen LogP contribution in [0.1, 0.15) is 42.9 Å². The lowest BCUT2D eigenvalue weighted by molar-refractivity contribution is -0.128. The first kappa shape index (κ1) is 24.7. The number of hydrogen-bond donors (Lipinski definition) is 1. The second-order valence-electron chi connectivity index (χ2n) is 8.13. The third kappa shape index (κ3) is 4.84. The zero-order chi connectivity index (χ0) is 25.8. The third-order valence-electron chi connectivity index (χ3n) is 5.46. The minimum atomic E-state index is -0.670. The Morgan fingerprint density at radius 2 is 2.14 bits per heavy atom. The van der Waals surface area contributed by atoms with Crippen molar-refractivity contribution in [2.45, 2.75) is 39.7 Å². The lowest BCUT2D eigenvalue weighted by atomic mass is 10.0. The van der Waals surface area contributed by atoms with Crippen molar-refractivity contribution in [3.8, 4) is 17.1 Å². The van der Waals surface area contributed by atoms with Crippen molar-refractivity contribution in [2.24, 2.45) is 10.2 Å². The van der Waals surface area contributed by atoms with Crippen molar-refractivity contribution < 1.29 is 14.6 Å². The predicted octanol–water partition coefficient (Wildman–Crippen LogP) is 4.03. The topological polar surface area (TPSA) is 161 Å². The molecule has 0 saturated heterocycles. The number of carbonyl (C=O) groups is 1. The standard InChI is InChI=1S/C23H22N8O4S/c1-13(2)15-5-6-17-18(9-15)36-23(26-17)31-11-25-22(29-31)28-27-19-14(3)16(10-24)20(33)30(21(19)34)7-4-8-35-12-32/h5-6,9,11-13,34H,4,7-8H2,1-3H3. The van der Waals surface area contributed by atoms with Crippen molar-refractivity contribution in [1.82, 2.24) is 24.3 Å². The van der Waals surface area contributed by atoms with Gasteiger partial charge in [0.15, 0.2) is 5.69 Å². The van der Waals surface area contributed by atoms with Crippen LogP contribution in [-0.2, 0) is 16.1 Å². The Bertz CT molecular complexity index is 1560. The molecule has 184 valence electrons. The number of benzene rings is 1. The summed E-state index contributed by atoms with van der Waals surface area (Å²) < 4.78 is 8.12. The second-order valence-corrected chi connectivity index (χ2v) is 9.14. The van der Waals surface area contributed by atoms with Gasteiger partial charge in [-0.2, -0.15) is 14.9 Å². The fraction of sp³-hybridized carbons (Fsp3) is 0.304. The van der Waals surface area contributed by atoms with Gasteiger partial charge in [0, 0.05) is 12.1 Å². The number of azo groups is 1. The molecule has 0 aliphatic rings. The molecule has 1 N–H and O–H groups in total. The summed E-state index contributed by atoms with van der Waals surface area (Å²) in [5.74, 6) is -0.0525. The van der Waals surface area contributed by atoms with E-state index in [-0.39, 0.29) is 42.3 Å². The van der Waals surface area contributed by atoms with Gasteiger partial charge in [0.25, 0.3) is 18.0 Å². The van der Waals surface area contributed by atoms with Gasteiger partial charge < -0.3 is 9.84 Å². The number of ether oxygens (including phenoxy) is 1. The number of carbonyl (C=O) groups excluding carboxylic acids is 1. The maximum atomic E-state index is 12.6. The predicted molar refractivity (Wildman–Crippen MR) is 131 cm³/mol. The molecule has 0 fully saturated rings. The lowest BCUT2D eigenvalue weighted by Crippen LogP contribution is -2.24. The van der Waals surface area contributed by atoms with Crippen molar-refractivity contribution in [1.29, 1.82) is 5.26 Å². The van der Waals surface area contributed by atoms with Crippen LogP contribution in [0.3, 0.4) is 0 Å². The first-order chi connectivity index (χ1) is 17.3. The molecule has 0 aliphatic carbocycles. The van der Waals surface area contributed by atoms with Gasteiger partial charge in [-0.3, -0.25) is 14.2 Å². The molecule has 0 amide bonds. The van der Waals surface area contributed by atoms with Crippen LogP contribution in [0.15, 0.2) is 39.5 Å². The Morgan fingerprint density at radius 3 is 2.86 bits per heavy atom. The van der Waals surface area contributed by atoms with Gasteiger partial charge in [-0.25, -0.2) is 4.98 Å². The molecule has 4 aromatic rings. The molecule has 13 heteroatoms. The molecule has 0 bridgehead atoms. The van der Waals surface area contributed by atoms with Crippen molar-refractivity contribution in [3.63, 3.8) is 0 Å². The van der Waals surface area contributed by atoms with Gasteiger partial charge in [0.2, 0.25) is 11.0 Å². The molecule has 0 atom stereocenters. The van der Waals surface area contributed by atoms with E-state index in [1.54, 1.807) is 0 Å². The van der Waals surface area contributed by atoms with E-state index in [0.717, 1.165) is 14.8 Å². The molecule has 0 spiro atoms. The van der Waals surface area contributed by atoms with E-state index in [1.165, 1.54) is 34.8 Å². The summed E-state index contributed by atoms with van der Waals surface area (Å²) in [4.78, 5) is 31.6. The number of aromatic hydroxyl groups is 1. The number of thiazole rings is 1. The number of pyridine rings is 1. The summed E-state index contributed by atoms with van der Waals surface area (Å²) in [6.45, 7) is 6.11. The summed E-state index contributed by atoms with van der Waals surface area (Å²) >= 11 is 1.47. The molecule has 3 aromatic heterocycles. The normalized spacial score (nSPS) is 11.4. The van der Waals surface area contributed by atoms with Crippen LogP contribution in [0.2, 0.25) is 0 Å². The van der Waals surface area contributed by atoms with Crippen LogP contribution in [0.25, 0.3) is 15.3 Å². The molecule has 0 radical (unpaired) electrons. The van der Waals surface area contributed by atoms with E-state index in [9.17, 15) is 20.0 Å². The molecule has 1 aromatic carbocycles. The largest absolute Gasteiger partial charge is 0.493 e. The van der Waals surface area contributed by atoms with Crippen LogP contribution in [0.4, 0.5) is 11.6 Å². The third-order valence-corrected chi connectivity index (χ3v) is 6.47. The highest BCUT2D eigenvalue weighted by Gasteiger charge is 2.19. The molecule has 12 nitrogen and oxygen atoms in total. The van der Waals surface area contributed by atoms with Crippen LogP contribution in [-0.4, -0.2) is 42.5 Å². The van der Waals surface area contributed by atoms with E-state index in [1.807, 2.05) is 12.1 Å². The summed E-state index contributed by atoms with van der Waals surface area (Å²) in [7, 11) is 0. The summed E-state index contributed by atoms with van der Waals surface area (Å²) in [5.41, 5.74) is 1.35. The Kier molecular flexibility index (Phi) is 7.16. The quantitative estimate of drug-likeness (QED) is 0.202. The fourth-order valence-corrected chi connectivity index (χ4v) is 4.43. The number of nitrogens with zero attached hydrogens (tertiary/aromatic N) is 8. The number of rotatable bonds is 9. The maximum absolute atomic E-state index is 12.6. The molecule has 4 rings (SSSR count). The Morgan fingerprint density at radius 1 is 1.33 bits per heavy atom. The van der Waals surface area contributed by atoms with E-state index in [4.69, 9.17) is 0 Å². The van der Waals surface area contributed by atoms with Gasteiger partial charge in [0.05, 0.1) is 16.8 Å². The SMILES string of the molecule is Cc1c(N=Nc2ncn(-c3nc4ccc(C(C)C)cc4s3)n2)c(O)n(CCCOC=O)c(=O)c1C#N. The minimum absolute atomic E-state index is 0.00608. The molecule has 36 heavy (non-hydrogen) atoms. The Labute approximate surface area is 209 Å². The van der Waals surface area contributed by atoms with E-state index in [0.29, 0.717) is 17.5 Å².